The Hall–Kier alpha value is -0.300. The molecule has 1 heterocycles. The van der Waals surface area contributed by atoms with Gasteiger partial charge in [0.2, 0.25) is 0 Å². The smallest absolute Gasteiger partial charge is 0.0192 e. The van der Waals surface area contributed by atoms with Gasteiger partial charge in [0, 0.05) is 6.54 Å². The van der Waals surface area contributed by atoms with E-state index in [2.05, 4.69) is 24.8 Å². The van der Waals surface area contributed by atoms with E-state index >= 15 is 0 Å². The summed E-state index contributed by atoms with van der Waals surface area (Å²) in [5.74, 6) is 0. The Morgan fingerprint density at radius 1 is 1.36 bits per heavy atom. The van der Waals surface area contributed by atoms with E-state index in [1.165, 1.54) is 38.9 Å². The molecule has 1 rings (SSSR count). The molecule has 11 heavy (non-hydrogen) atoms. The summed E-state index contributed by atoms with van der Waals surface area (Å²) in [6, 6.07) is 0. The van der Waals surface area contributed by atoms with Crippen molar-refractivity contribution in [3.63, 3.8) is 0 Å². The second-order valence-corrected chi connectivity index (χ2v) is 3.28. The van der Waals surface area contributed by atoms with Crippen LogP contribution in [0, 0.1) is 0 Å². The van der Waals surface area contributed by atoms with Gasteiger partial charge in [-0.2, -0.15) is 0 Å². The average molecular weight is 153 g/mol. The summed E-state index contributed by atoms with van der Waals surface area (Å²) in [4.78, 5) is 2.55. The summed E-state index contributed by atoms with van der Waals surface area (Å²) in [6.07, 6.45) is 6.28. The average Bonchev–Trinajstić information content (AvgIpc) is 2.52. The number of hydrogen-bond donors (Lipinski definition) is 0. The molecule has 64 valence electrons. The third-order valence-electron chi connectivity index (χ3n) is 2.49. The summed E-state index contributed by atoms with van der Waals surface area (Å²) in [6.45, 7) is 8.24. The molecule has 0 atom stereocenters. The Morgan fingerprint density at radius 2 is 2.00 bits per heavy atom. The minimum atomic E-state index is 1.22. The van der Waals surface area contributed by atoms with Gasteiger partial charge in [0.15, 0.2) is 0 Å². The molecule has 1 nitrogen and oxygen atoms in total. The Labute approximate surface area is 70.1 Å². The SMILES string of the molecule is CC=C(CC)CN1CCCC1. The van der Waals surface area contributed by atoms with Crippen LogP contribution in [0.4, 0.5) is 0 Å². The zero-order chi connectivity index (χ0) is 8.10. The number of allylic oxidation sites excluding steroid dienone is 1. The van der Waals surface area contributed by atoms with Crippen molar-refractivity contribution in [2.75, 3.05) is 19.6 Å². The minimum Gasteiger partial charge on any atom is -0.299 e. The van der Waals surface area contributed by atoms with E-state index in [1.807, 2.05) is 0 Å². The highest BCUT2D eigenvalue weighted by molar-refractivity contribution is 5.02. The lowest BCUT2D eigenvalue weighted by Crippen LogP contribution is -2.21. The third-order valence-corrected chi connectivity index (χ3v) is 2.49. The fraction of sp³-hybridized carbons (Fsp3) is 0.800. The van der Waals surface area contributed by atoms with E-state index in [4.69, 9.17) is 0 Å². The molecular weight excluding hydrogens is 134 g/mol. The molecule has 0 unspecified atom stereocenters. The Bertz CT molecular complexity index is 132. The first-order valence-electron chi connectivity index (χ1n) is 4.73. The van der Waals surface area contributed by atoms with Crippen LogP contribution in [0.15, 0.2) is 11.6 Å². The molecule has 0 bridgehead atoms. The highest BCUT2D eigenvalue weighted by Gasteiger charge is 2.11. The Balaban J connectivity index is 2.27. The number of nitrogens with zero attached hydrogens (tertiary/aromatic N) is 1. The molecule has 1 saturated heterocycles. The van der Waals surface area contributed by atoms with E-state index in [0.29, 0.717) is 0 Å². The summed E-state index contributed by atoms with van der Waals surface area (Å²) >= 11 is 0. The summed E-state index contributed by atoms with van der Waals surface area (Å²) in [5, 5.41) is 0. The lowest BCUT2D eigenvalue weighted by molar-refractivity contribution is 0.365. The first-order valence-corrected chi connectivity index (χ1v) is 4.73. The topological polar surface area (TPSA) is 3.24 Å². The van der Waals surface area contributed by atoms with Crippen LogP contribution in [-0.4, -0.2) is 24.5 Å². The maximum Gasteiger partial charge on any atom is 0.0192 e. The van der Waals surface area contributed by atoms with E-state index in [-0.39, 0.29) is 0 Å². The molecular formula is C10H19N. The predicted octanol–water partition coefficient (Wildman–Crippen LogP) is 2.44. The van der Waals surface area contributed by atoms with Gasteiger partial charge in [-0.15, -0.1) is 0 Å². The Morgan fingerprint density at radius 3 is 2.45 bits per heavy atom. The third kappa shape index (κ3) is 2.66. The number of rotatable bonds is 3. The highest BCUT2D eigenvalue weighted by atomic mass is 15.1. The van der Waals surface area contributed by atoms with E-state index in [9.17, 15) is 0 Å². The van der Waals surface area contributed by atoms with Crippen molar-refractivity contribution in [3.05, 3.63) is 11.6 Å². The lowest BCUT2D eigenvalue weighted by Gasteiger charge is -2.15. The Kier molecular flexibility index (Phi) is 3.64. The molecule has 1 heteroatoms. The molecule has 0 N–H and O–H groups in total. The quantitative estimate of drug-likeness (QED) is 0.563. The van der Waals surface area contributed by atoms with Crippen LogP contribution in [0.1, 0.15) is 33.1 Å². The monoisotopic (exact) mass is 153 g/mol. The highest BCUT2D eigenvalue weighted by Crippen LogP contribution is 2.11. The molecule has 0 saturated carbocycles. The van der Waals surface area contributed by atoms with Crippen LogP contribution in [0.3, 0.4) is 0 Å². The van der Waals surface area contributed by atoms with E-state index in [0.717, 1.165) is 0 Å². The van der Waals surface area contributed by atoms with E-state index in [1.54, 1.807) is 5.57 Å². The van der Waals surface area contributed by atoms with Crippen molar-refractivity contribution in [2.24, 2.45) is 0 Å². The fourth-order valence-corrected chi connectivity index (χ4v) is 1.64. The van der Waals surface area contributed by atoms with Gasteiger partial charge in [-0.05, 0) is 39.3 Å². The van der Waals surface area contributed by atoms with Crippen molar-refractivity contribution in [1.29, 1.82) is 0 Å². The second kappa shape index (κ2) is 4.55. The lowest BCUT2D eigenvalue weighted by atomic mass is 10.2. The van der Waals surface area contributed by atoms with Gasteiger partial charge in [0.05, 0.1) is 0 Å². The molecule has 0 aromatic heterocycles. The van der Waals surface area contributed by atoms with Crippen LogP contribution in [-0.2, 0) is 0 Å². The van der Waals surface area contributed by atoms with Crippen molar-refractivity contribution in [2.45, 2.75) is 33.1 Å². The van der Waals surface area contributed by atoms with Gasteiger partial charge in [-0.25, -0.2) is 0 Å². The molecule has 1 aliphatic heterocycles. The van der Waals surface area contributed by atoms with Crippen molar-refractivity contribution in [1.82, 2.24) is 4.90 Å². The summed E-state index contributed by atoms with van der Waals surface area (Å²) in [5.41, 5.74) is 1.59. The molecule has 1 fully saturated rings. The van der Waals surface area contributed by atoms with Crippen LogP contribution >= 0.6 is 0 Å². The van der Waals surface area contributed by atoms with Gasteiger partial charge in [-0.1, -0.05) is 18.6 Å². The maximum atomic E-state index is 2.55. The molecule has 0 amide bonds. The first kappa shape index (κ1) is 8.79. The van der Waals surface area contributed by atoms with Crippen LogP contribution < -0.4 is 0 Å². The van der Waals surface area contributed by atoms with Crippen molar-refractivity contribution < 1.29 is 0 Å². The normalized spacial score (nSPS) is 21.1. The number of likely N-dealkylation sites (tertiary alicyclic amines) is 1. The summed E-state index contributed by atoms with van der Waals surface area (Å²) < 4.78 is 0. The second-order valence-electron chi connectivity index (χ2n) is 3.28. The van der Waals surface area contributed by atoms with Crippen molar-refractivity contribution >= 4 is 0 Å². The minimum absolute atomic E-state index is 1.22. The standard InChI is InChI=1S/C10H19N/c1-3-10(4-2)9-11-7-5-6-8-11/h3H,4-9H2,1-2H3. The fourth-order valence-electron chi connectivity index (χ4n) is 1.64. The molecule has 0 aromatic carbocycles. The maximum absolute atomic E-state index is 2.55. The molecule has 0 aliphatic carbocycles. The van der Waals surface area contributed by atoms with Crippen LogP contribution in [0.25, 0.3) is 0 Å². The van der Waals surface area contributed by atoms with Crippen LogP contribution in [0.5, 0.6) is 0 Å². The molecule has 0 aromatic rings. The zero-order valence-corrected chi connectivity index (χ0v) is 7.77. The molecule has 1 aliphatic rings. The van der Waals surface area contributed by atoms with Gasteiger partial charge < -0.3 is 0 Å². The molecule has 0 radical (unpaired) electrons. The van der Waals surface area contributed by atoms with Crippen molar-refractivity contribution in [3.8, 4) is 0 Å². The largest absolute Gasteiger partial charge is 0.299 e. The van der Waals surface area contributed by atoms with Gasteiger partial charge >= 0.3 is 0 Å². The molecule has 0 spiro atoms. The predicted molar refractivity (Wildman–Crippen MR) is 49.7 cm³/mol. The first-order chi connectivity index (χ1) is 5.36. The summed E-state index contributed by atoms with van der Waals surface area (Å²) in [7, 11) is 0. The van der Waals surface area contributed by atoms with Gasteiger partial charge in [-0.3, -0.25) is 4.90 Å². The van der Waals surface area contributed by atoms with Crippen LogP contribution in [0.2, 0.25) is 0 Å². The number of hydrogen-bond acceptors (Lipinski definition) is 1. The van der Waals surface area contributed by atoms with E-state index < -0.39 is 0 Å². The van der Waals surface area contributed by atoms with Gasteiger partial charge in [0.1, 0.15) is 0 Å². The van der Waals surface area contributed by atoms with Gasteiger partial charge in [0.25, 0.3) is 0 Å². The zero-order valence-electron chi connectivity index (χ0n) is 7.77.